The summed E-state index contributed by atoms with van der Waals surface area (Å²) >= 11 is 0. The second-order valence-electron chi connectivity index (χ2n) is 4.82. The van der Waals surface area contributed by atoms with E-state index >= 15 is 0 Å². The summed E-state index contributed by atoms with van der Waals surface area (Å²) in [6, 6.07) is 5.21. The summed E-state index contributed by atoms with van der Waals surface area (Å²) in [7, 11) is 1.95. The highest BCUT2D eigenvalue weighted by Crippen LogP contribution is 2.09. The van der Waals surface area contributed by atoms with Gasteiger partial charge in [0, 0.05) is 25.9 Å². The van der Waals surface area contributed by atoms with E-state index in [9.17, 15) is 4.79 Å². The van der Waals surface area contributed by atoms with E-state index in [0.717, 1.165) is 24.2 Å². The molecule has 2 rings (SSSR count). The van der Waals surface area contributed by atoms with Gasteiger partial charge in [-0.3, -0.25) is 4.79 Å². The first kappa shape index (κ1) is 15.0. The molecule has 0 aliphatic rings. The van der Waals surface area contributed by atoms with Crippen molar-refractivity contribution < 1.29 is 0 Å². The number of nitrogens with zero attached hydrogens (tertiary/aromatic N) is 4. The summed E-state index contributed by atoms with van der Waals surface area (Å²) in [6.45, 7) is 3.37. The molecule has 7 nitrogen and oxygen atoms in total. The molecule has 7 heteroatoms. The normalized spacial score (nSPS) is 10.4. The van der Waals surface area contributed by atoms with Crippen LogP contribution in [0.2, 0.25) is 0 Å². The van der Waals surface area contributed by atoms with Crippen molar-refractivity contribution in [1.29, 1.82) is 0 Å². The van der Waals surface area contributed by atoms with Gasteiger partial charge in [-0.15, -0.1) is 0 Å². The molecule has 0 saturated heterocycles. The third-order valence-electron chi connectivity index (χ3n) is 3.16. The quantitative estimate of drug-likeness (QED) is 0.604. The Balaban J connectivity index is 2.19. The molecule has 0 aliphatic heterocycles. The molecule has 2 heterocycles. The number of rotatable bonds is 6. The number of hydrogen-bond acceptors (Lipinski definition) is 6. The molecule has 3 N–H and O–H groups in total. The number of nitrogen functional groups attached to an aromatic ring is 1. The fraction of sp³-hybridized carbons (Fsp3) is 0.357. The Labute approximate surface area is 123 Å². The van der Waals surface area contributed by atoms with Crippen LogP contribution in [0.1, 0.15) is 18.9 Å². The van der Waals surface area contributed by atoms with Crippen molar-refractivity contribution in [2.75, 3.05) is 23.9 Å². The summed E-state index contributed by atoms with van der Waals surface area (Å²) in [6.07, 6.45) is 4.37. The van der Waals surface area contributed by atoms with Gasteiger partial charge in [0.15, 0.2) is 0 Å². The zero-order chi connectivity index (χ0) is 15.2. The Kier molecular flexibility index (Phi) is 4.89. The van der Waals surface area contributed by atoms with Gasteiger partial charge in [-0.05, 0) is 24.1 Å². The SMILES string of the molecule is CCCN(C)c1cnn(Cc2ccnc(NN)c2)c(=O)c1. The molecule has 0 aromatic carbocycles. The van der Waals surface area contributed by atoms with E-state index < -0.39 is 0 Å². The number of anilines is 2. The Morgan fingerprint density at radius 2 is 2.24 bits per heavy atom. The third-order valence-corrected chi connectivity index (χ3v) is 3.16. The third kappa shape index (κ3) is 3.79. The molecule has 0 spiro atoms. The second-order valence-corrected chi connectivity index (χ2v) is 4.82. The van der Waals surface area contributed by atoms with Crippen LogP contribution >= 0.6 is 0 Å². The standard InChI is InChI=1S/C14H20N6O/c1-3-6-19(2)12-8-14(21)20(17-9-12)10-11-4-5-16-13(7-11)18-15/h4-5,7-9H,3,6,10,15H2,1-2H3,(H,16,18). The van der Waals surface area contributed by atoms with Crippen LogP contribution in [0, 0.1) is 0 Å². The highest BCUT2D eigenvalue weighted by atomic mass is 16.1. The minimum atomic E-state index is -0.130. The minimum Gasteiger partial charge on any atom is -0.373 e. The zero-order valence-electron chi connectivity index (χ0n) is 12.3. The maximum absolute atomic E-state index is 12.1. The second kappa shape index (κ2) is 6.85. The molecular formula is C14H20N6O. The molecule has 0 unspecified atom stereocenters. The van der Waals surface area contributed by atoms with Crippen molar-refractivity contribution in [2.24, 2.45) is 5.84 Å². The molecule has 0 aliphatic carbocycles. The molecule has 2 aromatic rings. The molecule has 0 fully saturated rings. The van der Waals surface area contributed by atoms with Crippen LogP contribution in [0.15, 0.2) is 35.4 Å². The van der Waals surface area contributed by atoms with Gasteiger partial charge in [-0.25, -0.2) is 15.5 Å². The van der Waals surface area contributed by atoms with Crippen LogP contribution in [-0.4, -0.2) is 28.4 Å². The molecule has 0 saturated carbocycles. The van der Waals surface area contributed by atoms with Gasteiger partial charge in [-0.2, -0.15) is 5.10 Å². The van der Waals surface area contributed by atoms with Crippen LogP contribution in [0.5, 0.6) is 0 Å². The summed E-state index contributed by atoms with van der Waals surface area (Å²) in [5.74, 6) is 5.88. The lowest BCUT2D eigenvalue weighted by atomic mass is 10.2. The fourth-order valence-electron chi connectivity index (χ4n) is 2.04. The Hall–Kier alpha value is -2.41. The predicted octanol–water partition coefficient (Wildman–Crippen LogP) is 0.818. The minimum absolute atomic E-state index is 0.130. The average molecular weight is 288 g/mol. The average Bonchev–Trinajstić information content (AvgIpc) is 2.49. The summed E-state index contributed by atoms with van der Waals surface area (Å²) in [5.41, 5.74) is 4.09. The molecule has 0 radical (unpaired) electrons. The summed E-state index contributed by atoms with van der Waals surface area (Å²) in [4.78, 5) is 18.2. The van der Waals surface area contributed by atoms with Crippen LogP contribution in [-0.2, 0) is 6.54 Å². The number of hydrogen-bond donors (Lipinski definition) is 2. The highest BCUT2D eigenvalue weighted by Gasteiger charge is 2.05. The first-order chi connectivity index (χ1) is 10.1. The topological polar surface area (TPSA) is 89.1 Å². The number of pyridine rings is 1. The Morgan fingerprint density at radius 1 is 1.43 bits per heavy atom. The van der Waals surface area contributed by atoms with Gasteiger partial charge in [-0.1, -0.05) is 6.92 Å². The molecule has 0 atom stereocenters. The van der Waals surface area contributed by atoms with E-state index in [4.69, 9.17) is 5.84 Å². The van der Waals surface area contributed by atoms with Crippen molar-refractivity contribution in [2.45, 2.75) is 19.9 Å². The van der Waals surface area contributed by atoms with Gasteiger partial charge < -0.3 is 10.3 Å². The molecular weight excluding hydrogens is 268 g/mol. The highest BCUT2D eigenvalue weighted by molar-refractivity contribution is 5.41. The van der Waals surface area contributed by atoms with Crippen LogP contribution < -0.4 is 21.7 Å². The largest absolute Gasteiger partial charge is 0.373 e. The molecule has 21 heavy (non-hydrogen) atoms. The zero-order valence-corrected chi connectivity index (χ0v) is 12.3. The van der Waals surface area contributed by atoms with Crippen LogP contribution in [0.4, 0.5) is 11.5 Å². The van der Waals surface area contributed by atoms with Gasteiger partial charge >= 0.3 is 0 Å². The number of aromatic nitrogens is 3. The smallest absolute Gasteiger partial charge is 0.269 e. The predicted molar refractivity (Wildman–Crippen MR) is 83.2 cm³/mol. The molecule has 2 aromatic heterocycles. The summed E-state index contributed by atoms with van der Waals surface area (Å²) in [5, 5.41) is 4.22. The maximum Gasteiger partial charge on any atom is 0.269 e. The first-order valence-electron chi connectivity index (χ1n) is 6.84. The lowest BCUT2D eigenvalue weighted by molar-refractivity contribution is 0.636. The van der Waals surface area contributed by atoms with Gasteiger partial charge in [0.05, 0.1) is 18.4 Å². The number of nitrogens with one attached hydrogen (secondary N) is 1. The van der Waals surface area contributed by atoms with Gasteiger partial charge in [0.1, 0.15) is 5.82 Å². The molecule has 0 bridgehead atoms. The van der Waals surface area contributed by atoms with Crippen molar-refractivity contribution in [3.8, 4) is 0 Å². The van der Waals surface area contributed by atoms with E-state index in [2.05, 4.69) is 22.4 Å². The van der Waals surface area contributed by atoms with Crippen molar-refractivity contribution in [1.82, 2.24) is 14.8 Å². The lowest BCUT2D eigenvalue weighted by Gasteiger charge is -2.17. The van der Waals surface area contributed by atoms with Gasteiger partial charge in [0.2, 0.25) is 0 Å². The Bertz CT molecular complexity index is 654. The molecule has 112 valence electrons. The van der Waals surface area contributed by atoms with E-state index in [-0.39, 0.29) is 5.56 Å². The monoisotopic (exact) mass is 288 g/mol. The fourth-order valence-corrected chi connectivity index (χ4v) is 2.04. The Morgan fingerprint density at radius 3 is 2.90 bits per heavy atom. The maximum atomic E-state index is 12.1. The lowest BCUT2D eigenvalue weighted by Crippen LogP contribution is -2.26. The number of hydrazine groups is 1. The summed E-state index contributed by atoms with van der Waals surface area (Å²) < 4.78 is 1.42. The van der Waals surface area contributed by atoms with Crippen LogP contribution in [0.3, 0.4) is 0 Å². The van der Waals surface area contributed by atoms with Crippen molar-refractivity contribution >= 4 is 11.5 Å². The van der Waals surface area contributed by atoms with Crippen molar-refractivity contribution in [3.63, 3.8) is 0 Å². The van der Waals surface area contributed by atoms with E-state index in [1.165, 1.54) is 4.68 Å². The van der Waals surface area contributed by atoms with Gasteiger partial charge in [0.25, 0.3) is 5.56 Å². The van der Waals surface area contributed by atoms with E-state index in [1.54, 1.807) is 24.5 Å². The number of nitrogens with two attached hydrogens (primary N) is 1. The van der Waals surface area contributed by atoms with Crippen LogP contribution in [0.25, 0.3) is 0 Å². The van der Waals surface area contributed by atoms with Crippen molar-refractivity contribution in [3.05, 3.63) is 46.5 Å². The van der Waals surface area contributed by atoms with E-state index in [0.29, 0.717) is 12.4 Å². The molecule has 0 amide bonds. The first-order valence-corrected chi connectivity index (χ1v) is 6.84. The van der Waals surface area contributed by atoms with E-state index in [1.807, 2.05) is 18.0 Å².